The number of aliphatic hydroxyl groups is 1. The van der Waals surface area contributed by atoms with E-state index in [4.69, 9.17) is 5.73 Å². The normalized spacial score (nSPS) is 12.6. The summed E-state index contributed by atoms with van der Waals surface area (Å²) in [4.78, 5) is 0. The minimum absolute atomic E-state index is 0.0949. The van der Waals surface area contributed by atoms with E-state index in [1.54, 1.807) is 0 Å². The predicted octanol–water partition coefficient (Wildman–Crippen LogP) is 1.36. The highest BCUT2D eigenvalue weighted by Crippen LogP contribution is 2.29. The zero-order chi connectivity index (χ0) is 11.4. The van der Waals surface area contributed by atoms with Crippen LogP contribution < -0.4 is 10.5 Å². The quantitative estimate of drug-likeness (QED) is 0.800. The van der Waals surface area contributed by atoms with Crippen LogP contribution in [0.4, 0.5) is 8.78 Å². The van der Waals surface area contributed by atoms with E-state index in [2.05, 4.69) is 4.74 Å². The number of ether oxygens (including phenoxy) is 1. The van der Waals surface area contributed by atoms with Gasteiger partial charge in [-0.2, -0.15) is 0 Å². The Labute approximate surface area is 86.5 Å². The lowest BCUT2D eigenvalue weighted by Gasteiger charge is -2.13. The van der Waals surface area contributed by atoms with Crippen LogP contribution >= 0.6 is 0 Å². The Morgan fingerprint density at radius 3 is 2.67 bits per heavy atom. The minimum atomic E-state index is -1.25. The van der Waals surface area contributed by atoms with Gasteiger partial charge >= 0.3 is 0 Å². The third kappa shape index (κ3) is 2.43. The molecule has 0 amide bonds. The van der Waals surface area contributed by atoms with E-state index in [1.165, 1.54) is 13.2 Å². The fourth-order valence-electron chi connectivity index (χ4n) is 1.31. The lowest BCUT2D eigenvalue weighted by Crippen LogP contribution is -2.10. The van der Waals surface area contributed by atoms with E-state index in [1.807, 2.05) is 0 Å². The third-order valence-electron chi connectivity index (χ3n) is 2.08. The van der Waals surface area contributed by atoms with E-state index in [-0.39, 0.29) is 24.3 Å². The molecule has 0 fully saturated rings. The second kappa shape index (κ2) is 5.04. The summed E-state index contributed by atoms with van der Waals surface area (Å²) >= 11 is 0. The molecular formula is C10H13F2NO2. The lowest BCUT2D eigenvalue weighted by molar-refractivity contribution is 0.159. The van der Waals surface area contributed by atoms with Crippen LogP contribution in [0.1, 0.15) is 18.1 Å². The van der Waals surface area contributed by atoms with Gasteiger partial charge in [0, 0.05) is 0 Å². The minimum Gasteiger partial charge on any atom is -0.494 e. The van der Waals surface area contributed by atoms with Crippen molar-refractivity contribution in [1.82, 2.24) is 0 Å². The van der Waals surface area contributed by atoms with Crippen molar-refractivity contribution in [2.75, 3.05) is 13.7 Å². The average molecular weight is 217 g/mol. The van der Waals surface area contributed by atoms with Crippen molar-refractivity contribution in [3.63, 3.8) is 0 Å². The molecule has 0 saturated carbocycles. The molecule has 0 spiro atoms. The molecule has 1 unspecified atom stereocenters. The maximum Gasteiger partial charge on any atom is 0.173 e. The summed E-state index contributed by atoms with van der Waals surface area (Å²) in [7, 11) is 1.27. The molecule has 3 N–H and O–H groups in total. The topological polar surface area (TPSA) is 55.5 Å². The molecule has 0 aliphatic rings. The van der Waals surface area contributed by atoms with Gasteiger partial charge in [0.2, 0.25) is 0 Å². The number of methoxy groups -OCH3 is 1. The molecule has 0 radical (unpaired) electrons. The van der Waals surface area contributed by atoms with Gasteiger partial charge in [-0.1, -0.05) is 0 Å². The summed E-state index contributed by atoms with van der Waals surface area (Å²) in [6.07, 6.45) is -1.15. The Hall–Kier alpha value is -1.20. The first kappa shape index (κ1) is 11.9. The van der Waals surface area contributed by atoms with Gasteiger partial charge in [0.1, 0.15) is 5.82 Å². The fraction of sp³-hybridized carbons (Fsp3) is 0.400. The molecule has 0 aliphatic heterocycles. The molecule has 15 heavy (non-hydrogen) atoms. The van der Waals surface area contributed by atoms with Crippen molar-refractivity contribution in [2.24, 2.45) is 5.73 Å². The lowest BCUT2D eigenvalue weighted by atomic mass is 10.0. The van der Waals surface area contributed by atoms with Gasteiger partial charge in [-0.15, -0.1) is 0 Å². The SMILES string of the molecule is COc1ccc(F)c(C(O)CCN)c1F. The third-order valence-corrected chi connectivity index (χ3v) is 2.08. The van der Waals surface area contributed by atoms with Crippen molar-refractivity contribution in [3.8, 4) is 5.75 Å². The Balaban J connectivity index is 3.14. The fourth-order valence-corrected chi connectivity index (χ4v) is 1.31. The van der Waals surface area contributed by atoms with Gasteiger partial charge < -0.3 is 15.6 Å². The summed E-state index contributed by atoms with van der Waals surface area (Å²) in [5.41, 5.74) is 4.81. The number of rotatable bonds is 4. The second-order valence-corrected chi connectivity index (χ2v) is 3.07. The first-order valence-corrected chi connectivity index (χ1v) is 4.51. The maximum atomic E-state index is 13.5. The number of halogens is 2. The van der Waals surface area contributed by atoms with Gasteiger partial charge in [0.15, 0.2) is 11.6 Å². The molecule has 0 bridgehead atoms. The first-order valence-electron chi connectivity index (χ1n) is 4.51. The molecule has 3 nitrogen and oxygen atoms in total. The summed E-state index contributed by atoms with van der Waals surface area (Å²) in [6, 6.07) is 2.22. The van der Waals surface area contributed by atoms with Gasteiger partial charge in [0.25, 0.3) is 0 Å². The molecule has 5 heteroatoms. The van der Waals surface area contributed by atoms with Crippen molar-refractivity contribution in [2.45, 2.75) is 12.5 Å². The zero-order valence-corrected chi connectivity index (χ0v) is 8.34. The van der Waals surface area contributed by atoms with Crippen molar-refractivity contribution >= 4 is 0 Å². The first-order chi connectivity index (χ1) is 7.11. The Bertz CT molecular complexity index is 344. The maximum absolute atomic E-state index is 13.5. The van der Waals surface area contributed by atoms with Crippen molar-refractivity contribution in [3.05, 3.63) is 29.3 Å². The number of aliphatic hydroxyl groups excluding tert-OH is 1. The van der Waals surface area contributed by atoms with Gasteiger partial charge in [-0.05, 0) is 25.1 Å². The van der Waals surface area contributed by atoms with Gasteiger partial charge in [-0.3, -0.25) is 0 Å². The summed E-state index contributed by atoms with van der Waals surface area (Å²) < 4.78 is 31.5. The summed E-state index contributed by atoms with van der Waals surface area (Å²) in [5.74, 6) is -1.77. The van der Waals surface area contributed by atoms with E-state index in [9.17, 15) is 13.9 Å². The Morgan fingerprint density at radius 2 is 2.13 bits per heavy atom. The summed E-state index contributed by atoms with van der Waals surface area (Å²) in [5, 5.41) is 9.49. The van der Waals surface area contributed by atoms with Crippen molar-refractivity contribution < 1.29 is 18.6 Å². The van der Waals surface area contributed by atoms with Crippen LogP contribution in [0.25, 0.3) is 0 Å². The van der Waals surface area contributed by atoms with E-state index < -0.39 is 17.7 Å². The van der Waals surface area contributed by atoms with E-state index in [0.717, 1.165) is 6.07 Å². The van der Waals surface area contributed by atoms with Crippen LogP contribution in [0.3, 0.4) is 0 Å². The number of benzene rings is 1. The highest BCUT2D eigenvalue weighted by molar-refractivity contribution is 5.33. The van der Waals surface area contributed by atoms with Crippen LogP contribution in [0.15, 0.2) is 12.1 Å². The van der Waals surface area contributed by atoms with Crippen LogP contribution in [0.2, 0.25) is 0 Å². The standard InChI is InChI=1S/C10H13F2NO2/c1-15-8-3-2-6(11)9(10(8)12)7(14)4-5-13/h2-3,7,14H,4-5,13H2,1H3. The number of hydrogen-bond donors (Lipinski definition) is 2. The molecule has 1 aromatic rings. The van der Waals surface area contributed by atoms with Crippen LogP contribution in [0.5, 0.6) is 5.75 Å². The molecule has 84 valence electrons. The second-order valence-electron chi connectivity index (χ2n) is 3.07. The molecule has 0 aliphatic carbocycles. The van der Waals surface area contributed by atoms with E-state index >= 15 is 0 Å². The molecule has 1 rings (SSSR count). The van der Waals surface area contributed by atoms with E-state index in [0.29, 0.717) is 0 Å². The number of nitrogens with two attached hydrogens (primary N) is 1. The molecule has 1 aromatic carbocycles. The molecule has 0 heterocycles. The van der Waals surface area contributed by atoms with Gasteiger partial charge in [-0.25, -0.2) is 8.78 Å². The molecular weight excluding hydrogens is 204 g/mol. The summed E-state index contributed by atoms with van der Waals surface area (Å²) in [6.45, 7) is 0.150. The molecule has 1 atom stereocenters. The average Bonchev–Trinajstić information content (AvgIpc) is 2.18. The predicted molar refractivity (Wildman–Crippen MR) is 51.5 cm³/mol. The van der Waals surface area contributed by atoms with Crippen LogP contribution in [0, 0.1) is 11.6 Å². The Kier molecular flexibility index (Phi) is 3.99. The van der Waals surface area contributed by atoms with Crippen LogP contribution in [-0.4, -0.2) is 18.8 Å². The molecule has 0 aromatic heterocycles. The van der Waals surface area contributed by atoms with Gasteiger partial charge in [0.05, 0.1) is 18.8 Å². The smallest absolute Gasteiger partial charge is 0.173 e. The Morgan fingerprint density at radius 1 is 1.47 bits per heavy atom. The zero-order valence-electron chi connectivity index (χ0n) is 8.34. The highest BCUT2D eigenvalue weighted by atomic mass is 19.1. The largest absolute Gasteiger partial charge is 0.494 e. The monoisotopic (exact) mass is 217 g/mol. The highest BCUT2D eigenvalue weighted by Gasteiger charge is 2.20. The molecule has 0 saturated heterocycles. The van der Waals surface area contributed by atoms with Crippen LogP contribution in [-0.2, 0) is 0 Å². The number of hydrogen-bond acceptors (Lipinski definition) is 3. The van der Waals surface area contributed by atoms with Crippen molar-refractivity contribution in [1.29, 1.82) is 0 Å².